The van der Waals surface area contributed by atoms with E-state index in [9.17, 15) is 14.7 Å². The number of carboxylic acids is 1. The van der Waals surface area contributed by atoms with Crippen LogP contribution in [-0.4, -0.2) is 41.2 Å². The van der Waals surface area contributed by atoms with Crippen molar-refractivity contribution >= 4 is 27.8 Å². The number of amides is 1. The van der Waals surface area contributed by atoms with Gasteiger partial charge in [0.1, 0.15) is 5.75 Å². The molecule has 0 saturated carbocycles. The third-order valence-corrected chi connectivity index (χ3v) is 6.01. The van der Waals surface area contributed by atoms with Crippen LogP contribution in [-0.2, 0) is 33.8 Å². The van der Waals surface area contributed by atoms with Crippen LogP contribution in [0.2, 0.25) is 0 Å². The van der Waals surface area contributed by atoms with Gasteiger partial charge >= 0.3 is 5.97 Å². The Labute approximate surface area is 214 Å². The van der Waals surface area contributed by atoms with E-state index in [0.29, 0.717) is 25.4 Å². The summed E-state index contributed by atoms with van der Waals surface area (Å²) in [5, 5.41) is 9.26. The number of carboxylic acid groups (broad SMARTS) is 1. The van der Waals surface area contributed by atoms with Gasteiger partial charge in [-0.1, -0.05) is 70.0 Å². The quantitative estimate of drug-likeness (QED) is 0.333. The number of ether oxygens (including phenoxy) is 2. The van der Waals surface area contributed by atoms with Gasteiger partial charge in [0.05, 0.1) is 0 Å². The fourth-order valence-corrected chi connectivity index (χ4v) is 3.81. The summed E-state index contributed by atoms with van der Waals surface area (Å²) in [5.41, 5.74) is 4.07. The maximum absolute atomic E-state index is 13.1. The Bertz CT molecular complexity index is 1050. The molecule has 0 unspecified atom stereocenters. The molecular formula is C28H30BrNO5. The zero-order chi connectivity index (χ0) is 25.2. The molecule has 0 bridgehead atoms. The summed E-state index contributed by atoms with van der Waals surface area (Å²) in [5.74, 6) is -0.568. The van der Waals surface area contributed by atoms with Crippen molar-refractivity contribution in [2.75, 3.05) is 13.2 Å². The lowest BCUT2D eigenvalue weighted by atomic mass is 10.1. The van der Waals surface area contributed by atoms with Crippen molar-refractivity contribution in [1.29, 1.82) is 0 Å². The van der Waals surface area contributed by atoms with Crippen molar-refractivity contribution in [1.82, 2.24) is 4.90 Å². The minimum absolute atomic E-state index is 0.0988. The molecule has 6 nitrogen and oxygen atoms in total. The average Bonchev–Trinajstić information content (AvgIpc) is 2.85. The first kappa shape index (κ1) is 26.4. The number of hydrogen-bond acceptors (Lipinski definition) is 4. The maximum atomic E-state index is 13.1. The lowest BCUT2D eigenvalue weighted by Gasteiger charge is -2.23. The Morgan fingerprint density at radius 1 is 0.886 bits per heavy atom. The fraction of sp³-hybridized carbons (Fsp3) is 0.286. The Morgan fingerprint density at radius 3 is 1.97 bits per heavy atom. The molecular weight excluding hydrogens is 510 g/mol. The summed E-state index contributed by atoms with van der Waals surface area (Å²) in [6.45, 7) is 4.98. The van der Waals surface area contributed by atoms with Crippen molar-refractivity contribution in [2.24, 2.45) is 0 Å². The van der Waals surface area contributed by atoms with Gasteiger partial charge in [-0.3, -0.25) is 4.79 Å². The second kappa shape index (κ2) is 13.1. The molecule has 3 aromatic rings. The maximum Gasteiger partial charge on any atom is 0.333 e. The molecule has 0 aliphatic heterocycles. The second-order valence-electron chi connectivity index (χ2n) is 8.28. The summed E-state index contributed by atoms with van der Waals surface area (Å²) < 4.78 is 12.0. The van der Waals surface area contributed by atoms with E-state index in [0.717, 1.165) is 21.2 Å². The smallest absolute Gasteiger partial charge is 0.333 e. The summed E-state index contributed by atoms with van der Waals surface area (Å²) in [6, 6.07) is 23.1. The van der Waals surface area contributed by atoms with Crippen LogP contribution in [0, 0.1) is 6.92 Å². The molecule has 0 aliphatic carbocycles. The van der Waals surface area contributed by atoms with Gasteiger partial charge in [0.25, 0.3) is 5.91 Å². The Hall–Kier alpha value is -3.16. The molecule has 3 rings (SSSR count). The number of halogens is 1. The van der Waals surface area contributed by atoms with E-state index in [1.165, 1.54) is 5.56 Å². The number of aryl methyl sites for hydroxylation is 1. The average molecular weight is 540 g/mol. The topological polar surface area (TPSA) is 76.1 Å². The van der Waals surface area contributed by atoms with Crippen LogP contribution >= 0.6 is 15.9 Å². The Kier molecular flexibility index (Phi) is 9.87. The number of benzene rings is 3. The number of carbonyl (C=O) groups is 2. The molecule has 7 heteroatoms. The zero-order valence-electron chi connectivity index (χ0n) is 19.9. The lowest BCUT2D eigenvalue weighted by molar-refractivity contribution is -0.150. The third kappa shape index (κ3) is 8.53. The third-order valence-electron chi connectivity index (χ3n) is 5.48. The Morgan fingerprint density at radius 2 is 1.43 bits per heavy atom. The SMILES string of the molecule is CCO[C@@H](Cc1ccc(OCC(=O)N(Cc2ccc(C)cc2)Cc2ccc(Br)cc2)cc1)C(=O)O. The number of carbonyl (C=O) groups excluding carboxylic acids is 1. The van der Waals surface area contributed by atoms with Crippen molar-refractivity contribution in [3.63, 3.8) is 0 Å². The molecule has 0 radical (unpaired) electrons. The molecule has 0 fully saturated rings. The van der Waals surface area contributed by atoms with E-state index in [1.807, 2.05) is 55.5 Å². The minimum Gasteiger partial charge on any atom is -0.484 e. The van der Waals surface area contributed by atoms with Crippen molar-refractivity contribution in [2.45, 2.75) is 39.5 Å². The van der Waals surface area contributed by atoms with Gasteiger partial charge in [-0.2, -0.15) is 0 Å². The predicted octanol–water partition coefficient (Wildman–Crippen LogP) is 5.40. The highest BCUT2D eigenvalue weighted by Gasteiger charge is 2.18. The van der Waals surface area contributed by atoms with Crippen molar-refractivity contribution in [3.8, 4) is 5.75 Å². The Balaban J connectivity index is 1.64. The van der Waals surface area contributed by atoms with E-state index < -0.39 is 12.1 Å². The summed E-state index contributed by atoms with van der Waals surface area (Å²) in [7, 11) is 0. The van der Waals surface area contributed by atoms with E-state index in [4.69, 9.17) is 9.47 Å². The standard InChI is InChI=1S/C28H30BrNO5/c1-3-34-26(28(32)33)16-21-10-14-25(15-11-21)35-19-27(31)30(17-22-6-4-20(2)5-7-22)18-23-8-12-24(29)13-9-23/h4-15,26H,3,16-19H2,1-2H3,(H,32,33)/t26-/m0/s1. The monoisotopic (exact) mass is 539 g/mol. The first-order valence-electron chi connectivity index (χ1n) is 11.5. The molecule has 0 aliphatic rings. The van der Waals surface area contributed by atoms with Gasteiger partial charge in [0.15, 0.2) is 12.7 Å². The molecule has 0 heterocycles. The normalized spacial score (nSPS) is 11.6. The lowest BCUT2D eigenvalue weighted by Crippen LogP contribution is -2.34. The zero-order valence-corrected chi connectivity index (χ0v) is 21.5. The molecule has 0 spiro atoms. The molecule has 1 N–H and O–H groups in total. The van der Waals surface area contributed by atoms with Crippen LogP contribution < -0.4 is 4.74 Å². The van der Waals surface area contributed by atoms with Gasteiger partial charge in [-0.05, 0) is 54.8 Å². The van der Waals surface area contributed by atoms with E-state index in [1.54, 1.807) is 36.1 Å². The van der Waals surface area contributed by atoms with Crippen LogP contribution in [0.4, 0.5) is 0 Å². The molecule has 0 saturated heterocycles. The van der Waals surface area contributed by atoms with Crippen LogP contribution in [0.3, 0.4) is 0 Å². The highest BCUT2D eigenvalue weighted by molar-refractivity contribution is 9.10. The summed E-state index contributed by atoms with van der Waals surface area (Å²) in [6.07, 6.45) is -0.623. The molecule has 35 heavy (non-hydrogen) atoms. The number of rotatable bonds is 12. The van der Waals surface area contributed by atoms with Crippen LogP contribution in [0.5, 0.6) is 5.75 Å². The summed E-state index contributed by atoms with van der Waals surface area (Å²) >= 11 is 3.45. The van der Waals surface area contributed by atoms with Gasteiger partial charge in [-0.25, -0.2) is 4.79 Å². The van der Waals surface area contributed by atoms with E-state index in [2.05, 4.69) is 15.9 Å². The number of nitrogens with zero attached hydrogens (tertiary/aromatic N) is 1. The van der Waals surface area contributed by atoms with E-state index >= 15 is 0 Å². The predicted molar refractivity (Wildman–Crippen MR) is 138 cm³/mol. The largest absolute Gasteiger partial charge is 0.484 e. The second-order valence-corrected chi connectivity index (χ2v) is 9.20. The van der Waals surface area contributed by atoms with Gasteiger partial charge in [0, 0.05) is 30.6 Å². The van der Waals surface area contributed by atoms with Crippen LogP contribution in [0.25, 0.3) is 0 Å². The first-order valence-corrected chi connectivity index (χ1v) is 12.3. The molecule has 1 atom stereocenters. The molecule has 0 aromatic heterocycles. The van der Waals surface area contributed by atoms with Gasteiger partial charge in [0.2, 0.25) is 0 Å². The van der Waals surface area contributed by atoms with Crippen LogP contribution in [0.15, 0.2) is 77.3 Å². The first-order chi connectivity index (χ1) is 16.8. The summed E-state index contributed by atoms with van der Waals surface area (Å²) in [4.78, 5) is 26.2. The molecule has 1 amide bonds. The van der Waals surface area contributed by atoms with E-state index in [-0.39, 0.29) is 18.9 Å². The van der Waals surface area contributed by atoms with Crippen molar-refractivity contribution in [3.05, 3.63) is 99.5 Å². The minimum atomic E-state index is -0.989. The molecule has 184 valence electrons. The van der Waals surface area contributed by atoms with Crippen LogP contribution in [0.1, 0.15) is 29.2 Å². The van der Waals surface area contributed by atoms with Gasteiger partial charge < -0.3 is 19.5 Å². The van der Waals surface area contributed by atoms with Gasteiger partial charge in [-0.15, -0.1) is 0 Å². The van der Waals surface area contributed by atoms with Crippen molar-refractivity contribution < 1.29 is 24.2 Å². The highest BCUT2D eigenvalue weighted by Crippen LogP contribution is 2.17. The fourth-order valence-electron chi connectivity index (χ4n) is 3.55. The number of hydrogen-bond donors (Lipinski definition) is 1. The highest BCUT2D eigenvalue weighted by atomic mass is 79.9. The molecule has 3 aromatic carbocycles. The number of aliphatic carboxylic acids is 1.